The molecule has 0 saturated heterocycles. The monoisotopic (exact) mass is 302 g/mol. The van der Waals surface area contributed by atoms with E-state index in [4.69, 9.17) is 10.00 Å². The molecule has 0 unspecified atom stereocenters. The third kappa shape index (κ3) is 2.82. The van der Waals surface area contributed by atoms with Crippen molar-refractivity contribution in [3.05, 3.63) is 52.5 Å². The maximum atomic E-state index is 8.86. The summed E-state index contributed by atoms with van der Waals surface area (Å²) in [5.41, 5.74) is 2.32. The number of ether oxygens (including phenoxy) is 1. The number of anilines is 2. The zero-order valence-corrected chi connectivity index (χ0v) is 11.4. The Hall–Kier alpha value is -1.99. The van der Waals surface area contributed by atoms with Gasteiger partial charge in [-0.25, -0.2) is 0 Å². The highest BCUT2D eigenvalue weighted by atomic mass is 79.9. The fourth-order valence-electron chi connectivity index (χ4n) is 1.60. The van der Waals surface area contributed by atoms with Crippen LogP contribution in [0, 0.1) is 11.3 Å². The van der Waals surface area contributed by atoms with E-state index in [2.05, 4.69) is 27.3 Å². The van der Waals surface area contributed by atoms with Crippen LogP contribution in [-0.4, -0.2) is 7.11 Å². The average Bonchev–Trinajstić information content (AvgIpc) is 2.39. The van der Waals surface area contributed by atoms with Crippen molar-refractivity contribution in [1.82, 2.24) is 0 Å². The van der Waals surface area contributed by atoms with E-state index in [1.54, 1.807) is 19.2 Å². The molecule has 0 atom stereocenters. The Kier molecular flexibility index (Phi) is 3.85. The molecule has 2 rings (SSSR count). The van der Waals surface area contributed by atoms with Crippen LogP contribution in [0.5, 0.6) is 5.75 Å². The van der Waals surface area contributed by atoms with Gasteiger partial charge in [0.15, 0.2) is 0 Å². The SMILES string of the molecule is COc1ccc(Br)cc1Nc1cccc(C#N)c1. The zero-order chi connectivity index (χ0) is 13.0. The van der Waals surface area contributed by atoms with Gasteiger partial charge in [-0.1, -0.05) is 22.0 Å². The third-order valence-corrected chi connectivity index (χ3v) is 2.93. The Morgan fingerprint density at radius 2 is 2.06 bits per heavy atom. The highest BCUT2D eigenvalue weighted by Gasteiger charge is 2.04. The number of hydrogen-bond donors (Lipinski definition) is 1. The molecule has 90 valence electrons. The molecule has 4 heteroatoms. The van der Waals surface area contributed by atoms with Gasteiger partial charge in [-0.15, -0.1) is 0 Å². The average molecular weight is 303 g/mol. The summed E-state index contributed by atoms with van der Waals surface area (Å²) in [6.07, 6.45) is 0. The highest BCUT2D eigenvalue weighted by molar-refractivity contribution is 9.10. The van der Waals surface area contributed by atoms with E-state index >= 15 is 0 Å². The highest BCUT2D eigenvalue weighted by Crippen LogP contribution is 2.30. The molecule has 0 bridgehead atoms. The number of halogens is 1. The van der Waals surface area contributed by atoms with Crippen molar-refractivity contribution in [3.8, 4) is 11.8 Å². The quantitative estimate of drug-likeness (QED) is 0.929. The van der Waals surface area contributed by atoms with Crippen LogP contribution in [0.25, 0.3) is 0 Å². The molecule has 18 heavy (non-hydrogen) atoms. The molecular weight excluding hydrogens is 292 g/mol. The van der Waals surface area contributed by atoms with Gasteiger partial charge in [0, 0.05) is 10.2 Å². The normalized spacial score (nSPS) is 9.61. The standard InChI is InChI=1S/C14H11BrN2O/c1-18-14-6-5-11(15)8-13(14)17-12-4-2-3-10(7-12)9-16/h2-8,17H,1H3. The van der Waals surface area contributed by atoms with Crippen LogP contribution in [0.1, 0.15) is 5.56 Å². The summed E-state index contributed by atoms with van der Waals surface area (Å²) < 4.78 is 6.24. The van der Waals surface area contributed by atoms with Crippen LogP contribution < -0.4 is 10.1 Å². The molecule has 0 radical (unpaired) electrons. The van der Waals surface area contributed by atoms with Crippen molar-refractivity contribution in [2.75, 3.05) is 12.4 Å². The molecule has 1 N–H and O–H groups in total. The summed E-state index contributed by atoms with van der Waals surface area (Å²) >= 11 is 3.42. The maximum Gasteiger partial charge on any atom is 0.142 e. The topological polar surface area (TPSA) is 45.0 Å². The van der Waals surface area contributed by atoms with Crippen LogP contribution in [0.15, 0.2) is 46.9 Å². The van der Waals surface area contributed by atoms with Crippen molar-refractivity contribution in [3.63, 3.8) is 0 Å². The van der Waals surface area contributed by atoms with Gasteiger partial charge in [-0.3, -0.25) is 0 Å². The first-order valence-corrected chi connectivity index (χ1v) is 6.13. The van der Waals surface area contributed by atoms with Gasteiger partial charge in [-0.2, -0.15) is 5.26 Å². The van der Waals surface area contributed by atoms with Crippen LogP contribution >= 0.6 is 15.9 Å². The lowest BCUT2D eigenvalue weighted by Gasteiger charge is -2.11. The lowest BCUT2D eigenvalue weighted by atomic mass is 10.2. The van der Waals surface area contributed by atoms with Gasteiger partial charge >= 0.3 is 0 Å². The molecule has 0 amide bonds. The molecule has 0 aliphatic heterocycles. The van der Waals surface area contributed by atoms with E-state index in [0.717, 1.165) is 21.6 Å². The Balaban J connectivity index is 2.33. The minimum atomic E-state index is 0.619. The zero-order valence-electron chi connectivity index (χ0n) is 9.77. The predicted molar refractivity (Wildman–Crippen MR) is 75.1 cm³/mol. The van der Waals surface area contributed by atoms with Crippen molar-refractivity contribution < 1.29 is 4.74 Å². The van der Waals surface area contributed by atoms with E-state index in [1.807, 2.05) is 30.3 Å². The lowest BCUT2D eigenvalue weighted by molar-refractivity contribution is 0.417. The molecule has 0 aliphatic rings. The number of nitrogens with zero attached hydrogens (tertiary/aromatic N) is 1. The molecule has 0 heterocycles. The lowest BCUT2D eigenvalue weighted by Crippen LogP contribution is -1.94. The predicted octanol–water partition coefficient (Wildman–Crippen LogP) is 4.07. The fraction of sp³-hybridized carbons (Fsp3) is 0.0714. The smallest absolute Gasteiger partial charge is 0.142 e. The van der Waals surface area contributed by atoms with Crippen LogP contribution in [0.4, 0.5) is 11.4 Å². The molecule has 0 aromatic heterocycles. The Morgan fingerprint density at radius 3 is 2.78 bits per heavy atom. The first-order valence-electron chi connectivity index (χ1n) is 5.33. The summed E-state index contributed by atoms with van der Waals surface area (Å²) in [6.45, 7) is 0. The Labute approximate surface area is 114 Å². The van der Waals surface area contributed by atoms with E-state index in [1.165, 1.54) is 0 Å². The van der Waals surface area contributed by atoms with Gasteiger partial charge in [-0.05, 0) is 36.4 Å². The summed E-state index contributed by atoms with van der Waals surface area (Å²) in [6, 6.07) is 15.1. The van der Waals surface area contributed by atoms with E-state index in [-0.39, 0.29) is 0 Å². The molecule has 0 saturated carbocycles. The van der Waals surface area contributed by atoms with Gasteiger partial charge in [0.1, 0.15) is 5.75 Å². The van der Waals surface area contributed by atoms with E-state index in [0.29, 0.717) is 5.56 Å². The van der Waals surface area contributed by atoms with Crippen LogP contribution in [-0.2, 0) is 0 Å². The van der Waals surface area contributed by atoms with Gasteiger partial charge in [0.2, 0.25) is 0 Å². The van der Waals surface area contributed by atoms with Crippen molar-refractivity contribution >= 4 is 27.3 Å². The second-order valence-electron chi connectivity index (χ2n) is 3.66. The molecule has 0 spiro atoms. The molecule has 0 fully saturated rings. The van der Waals surface area contributed by atoms with Crippen molar-refractivity contribution in [1.29, 1.82) is 5.26 Å². The van der Waals surface area contributed by atoms with Crippen molar-refractivity contribution in [2.45, 2.75) is 0 Å². The number of rotatable bonds is 3. The summed E-state index contributed by atoms with van der Waals surface area (Å²) in [7, 11) is 1.63. The first-order chi connectivity index (χ1) is 8.72. The number of hydrogen-bond acceptors (Lipinski definition) is 3. The second-order valence-corrected chi connectivity index (χ2v) is 4.58. The number of nitrogens with one attached hydrogen (secondary N) is 1. The fourth-order valence-corrected chi connectivity index (χ4v) is 1.96. The largest absolute Gasteiger partial charge is 0.495 e. The molecule has 2 aromatic carbocycles. The summed E-state index contributed by atoms with van der Waals surface area (Å²) in [5.74, 6) is 0.751. The maximum absolute atomic E-state index is 8.86. The molecular formula is C14H11BrN2O. The van der Waals surface area contributed by atoms with E-state index in [9.17, 15) is 0 Å². The van der Waals surface area contributed by atoms with Crippen LogP contribution in [0.2, 0.25) is 0 Å². The Morgan fingerprint density at radius 1 is 1.22 bits per heavy atom. The van der Waals surface area contributed by atoms with Gasteiger partial charge < -0.3 is 10.1 Å². The molecule has 3 nitrogen and oxygen atoms in total. The Bertz CT molecular complexity index is 605. The first kappa shape index (κ1) is 12.5. The van der Waals surface area contributed by atoms with Crippen LogP contribution in [0.3, 0.4) is 0 Å². The van der Waals surface area contributed by atoms with E-state index < -0.39 is 0 Å². The third-order valence-electron chi connectivity index (χ3n) is 2.43. The molecule has 0 aliphatic carbocycles. The number of methoxy groups -OCH3 is 1. The summed E-state index contributed by atoms with van der Waals surface area (Å²) in [4.78, 5) is 0. The van der Waals surface area contributed by atoms with Crippen molar-refractivity contribution in [2.24, 2.45) is 0 Å². The number of benzene rings is 2. The summed E-state index contributed by atoms with van der Waals surface area (Å²) in [5, 5.41) is 12.1. The van der Waals surface area contributed by atoms with Gasteiger partial charge in [0.05, 0.1) is 24.4 Å². The minimum absolute atomic E-state index is 0.619. The number of nitriles is 1. The second kappa shape index (κ2) is 5.56. The minimum Gasteiger partial charge on any atom is -0.495 e. The van der Waals surface area contributed by atoms with Gasteiger partial charge in [0.25, 0.3) is 0 Å². The molecule has 2 aromatic rings.